The Morgan fingerprint density at radius 3 is 2.29 bits per heavy atom. The van der Waals surface area contributed by atoms with Crippen LogP contribution in [0.2, 0.25) is 0 Å². The number of halogens is 2. The highest BCUT2D eigenvalue weighted by molar-refractivity contribution is 9.08. The van der Waals surface area contributed by atoms with Crippen molar-refractivity contribution in [3.8, 4) is 5.69 Å². The topological polar surface area (TPSA) is 30.7 Å². The average molecular weight is 346 g/mol. The summed E-state index contributed by atoms with van der Waals surface area (Å²) in [5.41, 5.74) is 1.59. The van der Waals surface area contributed by atoms with E-state index in [-0.39, 0.29) is 5.82 Å². The molecule has 1 heterocycles. The summed E-state index contributed by atoms with van der Waals surface area (Å²) in [7, 11) is 0. The van der Waals surface area contributed by atoms with Crippen LogP contribution in [0.4, 0.5) is 4.39 Å². The molecule has 0 aliphatic carbocycles. The lowest BCUT2D eigenvalue weighted by molar-refractivity contribution is 0.611. The lowest BCUT2D eigenvalue weighted by Crippen LogP contribution is -2.06. The quantitative estimate of drug-likeness (QED) is 0.671. The maximum Gasteiger partial charge on any atom is 0.148 e. The second-order valence-corrected chi connectivity index (χ2v) is 5.17. The summed E-state index contributed by atoms with van der Waals surface area (Å²) in [6.07, 6.45) is 0.404. The summed E-state index contributed by atoms with van der Waals surface area (Å²) in [5, 5.41) is 8.99. The third-order valence-corrected chi connectivity index (χ3v) is 3.74. The zero-order chi connectivity index (χ0) is 14.7. The molecule has 0 aliphatic heterocycles. The number of rotatable bonds is 4. The first-order chi connectivity index (χ1) is 10.3. The first-order valence-corrected chi connectivity index (χ1v) is 7.69. The minimum Gasteiger partial charge on any atom is -0.282 e. The van der Waals surface area contributed by atoms with E-state index in [2.05, 4.69) is 26.1 Å². The van der Waals surface area contributed by atoms with E-state index in [9.17, 15) is 4.39 Å². The first-order valence-electron chi connectivity index (χ1n) is 6.57. The van der Waals surface area contributed by atoms with Gasteiger partial charge in [-0.05, 0) is 23.8 Å². The van der Waals surface area contributed by atoms with Crippen molar-refractivity contribution in [2.75, 3.05) is 0 Å². The van der Waals surface area contributed by atoms with Crippen LogP contribution < -0.4 is 0 Å². The fourth-order valence-corrected chi connectivity index (χ4v) is 2.60. The predicted molar refractivity (Wildman–Crippen MR) is 83.2 cm³/mol. The first kappa shape index (κ1) is 13.9. The Labute approximate surface area is 130 Å². The van der Waals surface area contributed by atoms with Gasteiger partial charge in [0.05, 0.1) is 5.33 Å². The van der Waals surface area contributed by atoms with Crippen LogP contribution in [0.15, 0.2) is 54.6 Å². The second kappa shape index (κ2) is 6.18. The molecule has 3 nitrogen and oxygen atoms in total. The fourth-order valence-electron chi connectivity index (χ4n) is 2.24. The molecule has 1 aromatic heterocycles. The molecule has 0 aliphatic rings. The van der Waals surface area contributed by atoms with Crippen LogP contribution in [-0.4, -0.2) is 14.8 Å². The summed E-state index contributed by atoms with van der Waals surface area (Å²) in [4.78, 5) is 0. The molecule has 2 aromatic carbocycles. The normalized spacial score (nSPS) is 10.8. The molecule has 5 heteroatoms. The summed E-state index contributed by atoms with van der Waals surface area (Å²) in [5.74, 6) is 1.30. The van der Waals surface area contributed by atoms with Gasteiger partial charge in [-0.15, -0.1) is 10.2 Å². The Hall–Kier alpha value is -2.01. The number of aromatic nitrogens is 3. The van der Waals surface area contributed by atoms with E-state index in [4.69, 9.17) is 0 Å². The van der Waals surface area contributed by atoms with Gasteiger partial charge in [-0.1, -0.05) is 52.3 Å². The number of para-hydroxylation sites is 1. The zero-order valence-electron chi connectivity index (χ0n) is 11.2. The van der Waals surface area contributed by atoms with Gasteiger partial charge in [-0.2, -0.15) is 0 Å². The molecule has 0 amide bonds. The average Bonchev–Trinajstić information content (AvgIpc) is 2.93. The van der Waals surface area contributed by atoms with Crippen molar-refractivity contribution in [1.82, 2.24) is 14.8 Å². The fraction of sp³-hybridized carbons (Fsp3) is 0.125. The minimum atomic E-state index is -0.222. The van der Waals surface area contributed by atoms with Crippen molar-refractivity contribution in [3.05, 3.63) is 77.6 Å². The highest BCUT2D eigenvalue weighted by Crippen LogP contribution is 2.18. The van der Waals surface area contributed by atoms with Gasteiger partial charge in [0.1, 0.15) is 17.5 Å². The van der Waals surface area contributed by atoms with E-state index >= 15 is 0 Å². The van der Waals surface area contributed by atoms with Crippen molar-refractivity contribution in [2.45, 2.75) is 11.8 Å². The summed E-state index contributed by atoms with van der Waals surface area (Å²) in [6.45, 7) is 0. The van der Waals surface area contributed by atoms with Gasteiger partial charge in [0.15, 0.2) is 0 Å². The largest absolute Gasteiger partial charge is 0.282 e. The molecule has 3 rings (SSSR count). The molecule has 0 unspecified atom stereocenters. The zero-order valence-corrected chi connectivity index (χ0v) is 12.8. The van der Waals surface area contributed by atoms with Crippen molar-refractivity contribution >= 4 is 15.9 Å². The van der Waals surface area contributed by atoms with Crippen molar-refractivity contribution in [2.24, 2.45) is 0 Å². The van der Waals surface area contributed by atoms with Crippen molar-refractivity contribution < 1.29 is 4.39 Å². The Kier molecular flexibility index (Phi) is 4.10. The van der Waals surface area contributed by atoms with Crippen LogP contribution in [0.25, 0.3) is 5.69 Å². The van der Waals surface area contributed by atoms with Crippen molar-refractivity contribution in [3.63, 3.8) is 0 Å². The maximum absolute atomic E-state index is 13.8. The molecule has 0 spiro atoms. The van der Waals surface area contributed by atoms with Crippen molar-refractivity contribution in [1.29, 1.82) is 0 Å². The van der Waals surface area contributed by atoms with Gasteiger partial charge in [-0.25, -0.2) is 4.39 Å². The van der Waals surface area contributed by atoms with E-state index in [1.807, 2.05) is 41.0 Å². The van der Waals surface area contributed by atoms with Gasteiger partial charge in [0.25, 0.3) is 0 Å². The molecule has 21 heavy (non-hydrogen) atoms. The van der Waals surface area contributed by atoms with Gasteiger partial charge in [0, 0.05) is 12.1 Å². The summed E-state index contributed by atoms with van der Waals surface area (Å²) >= 11 is 3.42. The van der Waals surface area contributed by atoms with Crippen LogP contribution in [-0.2, 0) is 11.8 Å². The third-order valence-electron chi connectivity index (χ3n) is 3.24. The smallest absolute Gasteiger partial charge is 0.148 e. The molecule has 0 N–H and O–H groups in total. The standard InChI is InChI=1S/C16H13BrFN3/c17-11-16-20-19-15(10-12-6-4-5-9-14(12)18)21(16)13-7-2-1-3-8-13/h1-9H,10-11H2. The molecule has 0 atom stereocenters. The molecular formula is C16H13BrFN3. The SMILES string of the molecule is Fc1ccccc1Cc1nnc(CBr)n1-c1ccccc1. The Bertz CT molecular complexity index is 740. The molecule has 3 aromatic rings. The van der Waals surface area contributed by atoms with E-state index < -0.39 is 0 Å². The number of hydrogen-bond acceptors (Lipinski definition) is 2. The Balaban J connectivity index is 2.04. The van der Waals surface area contributed by atoms with Gasteiger partial charge in [0.2, 0.25) is 0 Å². The van der Waals surface area contributed by atoms with Crippen LogP contribution in [0.3, 0.4) is 0 Å². The van der Waals surface area contributed by atoms with E-state index in [0.717, 1.165) is 17.3 Å². The summed E-state index contributed by atoms with van der Waals surface area (Å²) < 4.78 is 15.8. The Morgan fingerprint density at radius 1 is 0.905 bits per heavy atom. The maximum atomic E-state index is 13.8. The minimum absolute atomic E-state index is 0.222. The molecule has 106 valence electrons. The molecule has 0 radical (unpaired) electrons. The summed E-state index contributed by atoms with van der Waals surface area (Å²) in [6, 6.07) is 16.6. The van der Waals surface area contributed by atoms with Crippen LogP contribution in [0, 0.1) is 5.82 Å². The lowest BCUT2D eigenvalue weighted by atomic mass is 10.1. The molecule has 0 fully saturated rings. The molecular weight excluding hydrogens is 333 g/mol. The molecule has 0 saturated heterocycles. The van der Waals surface area contributed by atoms with Gasteiger partial charge in [-0.3, -0.25) is 4.57 Å². The second-order valence-electron chi connectivity index (χ2n) is 4.61. The Morgan fingerprint density at radius 2 is 1.57 bits per heavy atom. The number of alkyl halides is 1. The van der Waals surface area contributed by atoms with Crippen LogP contribution in [0.1, 0.15) is 17.2 Å². The number of nitrogens with zero attached hydrogens (tertiary/aromatic N) is 3. The predicted octanol–water partition coefficient (Wildman–Crippen LogP) is 3.89. The monoisotopic (exact) mass is 345 g/mol. The third kappa shape index (κ3) is 2.88. The van der Waals surface area contributed by atoms with E-state index in [1.54, 1.807) is 12.1 Å². The van der Waals surface area contributed by atoms with Gasteiger partial charge < -0.3 is 0 Å². The van der Waals surface area contributed by atoms with Crippen LogP contribution in [0.5, 0.6) is 0 Å². The van der Waals surface area contributed by atoms with Gasteiger partial charge >= 0.3 is 0 Å². The number of hydrogen-bond donors (Lipinski definition) is 0. The van der Waals surface area contributed by atoms with Crippen LogP contribution >= 0.6 is 15.9 Å². The molecule has 0 bridgehead atoms. The molecule has 0 saturated carbocycles. The number of benzene rings is 2. The highest BCUT2D eigenvalue weighted by Gasteiger charge is 2.14. The van der Waals surface area contributed by atoms with E-state index in [0.29, 0.717) is 17.3 Å². The highest BCUT2D eigenvalue weighted by atomic mass is 79.9. The van der Waals surface area contributed by atoms with E-state index in [1.165, 1.54) is 6.07 Å². The lowest BCUT2D eigenvalue weighted by Gasteiger charge is -2.09.